The van der Waals surface area contributed by atoms with E-state index < -0.39 is 0 Å². The average molecular weight is 271 g/mol. The van der Waals surface area contributed by atoms with E-state index in [9.17, 15) is 0 Å². The van der Waals surface area contributed by atoms with Gasteiger partial charge in [0, 0.05) is 12.2 Å². The summed E-state index contributed by atoms with van der Waals surface area (Å²) in [6.45, 7) is 5.06. The summed E-state index contributed by atoms with van der Waals surface area (Å²) in [7, 11) is 0. The quantitative estimate of drug-likeness (QED) is 0.703. The monoisotopic (exact) mass is 271 g/mol. The highest BCUT2D eigenvalue weighted by Crippen LogP contribution is 2.25. The van der Waals surface area contributed by atoms with Crippen LogP contribution in [0.25, 0.3) is 0 Å². The molecule has 1 aromatic carbocycles. The second-order valence-electron chi connectivity index (χ2n) is 4.76. The molecule has 2 rings (SSSR count). The van der Waals surface area contributed by atoms with Gasteiger partial charge in [0.05, 0.1) is 0 Å². The molecule has 0 unspecified atom stereocenters. The standard InChI is InChI=1S/C15H21N5/c1-3-4-8-17-14-13(16)15(19-10-18-14)20-12-7-5-6-11(2)9-12/h5-7,9-10H,3-4,8,16H2,1-2H3,(H2,17,18,19,20). The van der Waals surface area contributed by atoms with Gasteiger partial charge in [-0.1, -0.05) is 25.5 Å². The predicted molar refractivity (Wildman–Crippen MR) is 84.3 cm³/mol. The second-order valence-corrected chi connectivity index (χ2v) is 4.76. The molecule has 0 aliphatic carbocycles. The van der Waals surface area contributed by atoms with Crippen molar-refractivity contribution in [2.24, 2.45) is 0 Å². The van der Waals surface area contributed by atoms with E-state index in [0.717, 1.165) is 25.1 Å². The van der Waals surface area contributed by atoms with Crippen LogP contribution in [0.5, 0.6) is 0 Å². The Balaban J connectivity index is 2.14. The Kier molecular flexibility index (Phi) is 4.76. The van der Waals surface area contributed by atoms with Gasteiger partial charge >= 0.3 is 0 Å². The van der Waals surface area contributed by atoms with E-state index in [4.69, 9.17) is 5.73 Å². The molecule has 0 saturated carbocycles. The summed E-state index contributed by atoms with van der Waals surface area (Å²) in [6, 6.07) is 8.08. The number of aryl methyl sites for hydroxylation is 1. The van der Waals surface area contributed by atoms with E-state index in [1.54, 1.807) is 0 Å². The number of aromatic nitrogens is 2. The second kappa shape index (κ2) is 6.75. The Morgan fingerprint density at radius 3 is 2.75 bits per heavy atom. The van der Waals surface area contributed by atoms with Gasteiger partial charge in [-0.05, 0) is 31.0 Å². The fraction of sp³-hybridized carbons (Fsp3) is 0.333. The van der Waals surface area contributed by atoms with E-state index in [2.05, 4.69) is 27.5 Å². The molecule has 5 nitrogen and oxygen atoms in total. The third-order valence-electron chi connectivity index (χ3n) is 2.99. The normalized spacial score (nSPS) is 10.3. The lowest BCUT2D eigenvalue weighted by Gasteiger charge is -2.12. The molecule has 20 heavy (non-hydrogen) atoms. The van der Waals surface area contributed by atoms with Gasteiger partial charge in [-0.2, -0.15) is 0 Å². The molecule has 0 spiro atoms. The number of nitrogens with two attached hydrogens (primary N) is 1. The van der Waals surface area contributed by atoms with Crippen molar-refractivity contribution in [3.05, 3.63) is 36.2 Å². The van der Waals surface area contributed by atoms with Crippen molar-refractivity contribution in [3.8, 4) is 0 Å². The minimum absolute atomic E-state index is 0.546. The first-order valence-corrected chi connectivity index (χ1v) is 6.88. The Bertz CT molecular complexity index is 568. The number of nitrogen functional groups attached to an aromatic ring is 1. The maximum absolute atomic E-state index is 6.10. The molecular weight excluding hydrogens is 250 g/mol. The Morgan fingerprint density at radius 1 is 1.20 bits per heavy atom. The van der Waals surface area contributed by atoms with Gasteiger partial charge in [-0.3, -0.25) is 0 Å². The smallest absolute Gasteiger partial charge is 0.159 e. The van der Waals surface area contributed by atoms with Gasteiger partial charge in [0.1, 0.15) is 12.0 Å². The van der Waals surface area contributed by atoms with E-state index in [1.807, 2.05) is 31.2 Å². The fourth-order valence-corrected chi connectivity index (χ4v) is 1.88. The summed E-state index contributed by atoms with van der Waals surface area (Å²) in [4.78, 5) is 8.39. The average Bonchev–Trinajstić information content (AvgIpc) is 2.43. The van der Waals surface area contributed by atoms with Gasteiger partial charge in [0.15, 0.2) is 11.6 Å². The molecule has 4 N–H and O–H groups in total. The number of hydrogen-bond acceptors (Lipinski definition) is 5. The van der Waals surface area contributed by atoms with E-state index in [-0.39, 0.29) is 0 Å². The summed E-state index contributed by atoms with van der Waals surface area (Å²) in [5, 5.41) is 6.46. The van der Waals surface area contributed by atoms with Crippen molar-refractivity contribution < 1.29 is 0 Å². The van der Waals surface area contributed by atoms with Crippen molar-refractivity contribution in [2.75, 3.05) is 22.9 Å². The number of rotatable bonds is 6. The van der Waals surface area contributed by atoms with Crippen LogP contribution in [-0.4, -0.2) is 16.5 Å². The van der Waals surface area contributed by atoms with Gasteiger partial charge in [0.2, 0.25) is 0 Å². The number of hydrogen-bond donors (Lipinski definition) is 3. The van der Waals surface area contributed by atoms with Crippen LogP contribution in [0.1, 0.15) is 25.3 Å². The minimum Gasteiger partial charge on any atom is -0.393 e. The van der Waals surface area contributed by atoms with Gasteiger partial charge in [-0.25, -0.2) is 9.97 Å². The van der Waals surface area contributed by atoms with Crippen LogP contribution in [0.2, 0.25) is 0 Å². The molecule has 0 atom stereocenters. The maximum atomic E-state index is 6.10. The van der Waals surface area contributed by atoms with Crippen molar-refractivity contribution in [1.29, 1.82) is 0 Å². The highest BCUT2D eigenvalue weighted by molar-refractivity contribution is 5.77. The van der Waals surface area contributed by atoms with E-state index in [0.29, 0.717) is 17.3 Å². The lowest BCUT2D eigenvalue weighted by molar-refractivity contribution is 0.831. The van der Waals surface area contributed by atoms with Crippen LogP contribution in [0.3, 0.4) is 0 Å². The first kappa shape index (κ1) is 14.1. The maximum Gasteiger partial charge on any atom is 0.159 e. The molecule has 0 bridgehead atoms. The summed E-state index contributed by atoms with van der Waals surface area (Å²) >= 11 is 0. The first-order valence-electron chi connectivity index (χ1n) is 6.88. The Hall–Kier alpha value is -2.30. The van der Waals surface area contributed by atoms with E-state index >= 15 is 0 Å². The molecule has 0 saturated heterocycles. The molecule has 0 aliphatic heterocycles. The number of nitrogens with one attached hydrogen (secondary N) is 2. The zero-order chi connectivity index (χ0) is 14.4. The van der Waals surface area contributed by atoms with Crippen LogP contribution in [-0.2, 0) is 0 Å². The molecule has 1 aromatic heterocycles. The third kappa shape index (κ3) is 3.60. The fourth-order valence-electron chi connectivity index (χ4n) is 1.88. The van der Waals surface area contributed by atoms with E-state index in [1.165, 1.54) is 11.9 Å². The summed E-state index contributed by atoms with van der Waals surface area (Å²) < 4.78 is 0. The predicted octanol–water partition coefficient (Wildman–Crippen LogP) is 3.32. The SMILES string of the molecule is CCCCNc1ncnc(Nc2cccc(C)c2)c1N. The largest absolute Gasteiger partial charge is 0.393 e. The Morgan fingerprint density at radius 2 is 2.00 bits per heavy atom. The molecular formula is C15H21N5. The molecule has 0 fully saturated rings. The zero-order valence-corrected chi connectivity index (χ0v) is 12.0. The Labute approximate surface area is 119 Å². The highest BCUT2D eigenvalue weighted by atomic mass is 15.1. The van der Waals surface area contributed by atoms with Gasteiger partial charge < -0.3 is 16.4 Å². The van der Waals surface area contributed by atoms with Gasteiger partial charge in [0.25, 0.3) is 0 Å². The van der Waals surface area contributed by atoms with Crippen molar-refractivity contribution >= 4 is 23.0 Å². The lowest BCUT2D eigenvalue weighted by Crippen LogP contribution is -2.09. The number of nitrogens with zero attached hydrogens (tertiary/aromatic N) is 2. The number of anilines is 4. The van der Waals surface area contributed by atoms with Crippen LogP contribution in [0.4, 0.5) is 23.0 Å². The topological polar surface area (TPSA) is 75.9 Å². The van der Waals surface area contributed by atoms with Crippen LogP contribution < -0.4 is 16.4 Å². The van der Waals surface area contributed by atoms with Crippen molar-refractivity contribution in [1.82, 2.24) is 9.97 Å². The zero-order valence-electron chi connectivity index (χ0n) is 12.0. The van der Waals surface area contributed by atoms with Crippen molar-refractivity contribution in [2.45, 2.75) is 26.7 Å². The summed E-state index contributed by atoms with van der Waals surface area (Å²) in [6.07, 6.45) is 3.74. The van der Waals surface area contributed by atoms with Gasteiger partial charge in [-0.15, -0.1) is 0 Å². The summed E-state index contributed by atoms with van der Waals surface area (Å²) in [5.41, 5.74) is 8.80. The highest BCUT2D eigenvalue weighted by Gasteiger charge is 2.07. The number of unbranched alkanes of at least 4 members (excludes halogenated alkanes) is 1. The minimum atomic E-state index is 0.546. The molecule has 106 valence electrons. The van der Waals surface area contributed by atoms with Crippen LogP contribution in [0.15, 0.2) is 30.6 Å². The third-order valence-corrected chi connectivity index (χ3v) is 2.99. The summed E-state index contributed by atoms with van der Waals surface area (Å²) in [5.74, 6) is 1.31. The van der Waals surface area contributed by atoms with Crippen molar-refractivity contribution in [3.63, 3.8) is 0 Å². The van der Waals surface area contributed by atoms with Crippen LogP contribution >= 0.6 is 0 Å². The molecule has 0 radical (unpaired) electrons. The molecule has 0 amide bonds. The molecule has 0 aliphatic rings. The molecule has 2 aromatic rings. The molecule has 1 heterocycles. The first-order chi connectivity index (χ1) is 9.70. The molecule has 5 heteroatoms. The van der Waals surface area contributed by atoms with Crippen LogP contribution in [0, 0.1) is 6.92 Å². The lowest BCUT2D eigenvalue weighted by atomic mass is 10.2. The number of benzene rings is 1.